The summed E-state index contributed by atoms with van der Waals surface area (Å²) < 4.78 is 11.1. The highest BCUT2D eigenvalue weighted by molar-refractivity contribution is 5.91. The third-order valence-corrected chi connectivity index (χ3v) is 6.10. The van der Waals surface area contributed by atoms with E-state index in [1.807, 2.05) is 41.3 Å². The van der Waals surface area contributed by atoms with Crippen LogP contribution in [0.3, 0.4) is 0 Å². The van der Waals surface area contributed by atoms with Crippen molar-refractivity contribution >= 4 is 17.5 Å². The maximum atomic E-state index is 13.0. The lowest BCUT2D eigenvalue weighted by atomic mass is 9.69. The van der Waals surface area contributed by atoms with E-state index < -0.39 is 23.4 Å². The second-order valence-corrected chi connectivity index (χ2v) is 7.48. The van der Waals surface area contributed by atoms with Gasteiger partial charge in [-0.1, -0.05) is 42.5 Å². The first-order chi connectivity index (χ1) is 14.5. The van der Waals surface area contributed by atoms with Crippen molar-refractivity contribution in [3.05, 3.63) is 59.7 Å². The zero-order valence-electron chi connectivity index (χ0n) is 17.0. The predicted molar refractivity (Wildman–Crippen MR) is 112 cm³/mol. The number of hydrogen-bond donors (Lipinski definition) is 0. The van der Waals surface area contributed by atoms with Gasteiger partial charge in [0.2, 0.25) is 0 Å². The van der Waals surface area contributed by atoms with Gasteiger partial charge in [0.15, 0.2) is 22.7 Å². The maximum absolute atomic E-state index is 13.0. The second-order valence-electron chi connectivity index (χ2n) is 7.48. The van der Waals surface area contributed by atoms with Crippen LogP contribution in [0.5, 0.6) is 11.5 Å². The van der Waals surface area contributed by atoms with Crippen LogP contribution in [0.2, 0.25) is 0 Å². The Balaban J connectivity index is 2.04. The number of ether oxygens (including phenoxy) is 2. The molecule has 0 N–H and O–H groups in total. The zero-order valence-corrected chi connectivity index (χ0v) is 17.0. The Labute approximate surface area is 175 Å². The highest BCUT2D eigenvalue weighted by Crippen LogP contribution is 2.57. The molecule has 6 heteroatoms. The maximum Gasteiger partial charge on any atom is 0.176 e. The summed E-state index contributed by atoms with van der Waals surface area (Å²) in [6, 6.07) is 16.3. The van der Waals surface area contributed by atoms with Gasteiger partial charge in [-0.05, 0) is 24.6 Å². The molecule has 0 saturated carbocycles. The van der Waals surface area contributed by atoms with Gasteiger partial charge in [0.05, 0.1) is 38.4 Å². The Hall–Kier alpha value is -3.77. The van der Waals surface area contributed by atoms with Crippen molar-refractivity contribution in [1.29, 1.82) is 10.5 Å². The van der Waals surface area contributed by atoms with Crippen LogP contribution < -0.4 is 14.4 Å². The van der Waals surface area contributed by atoms with Gasteiger partial charge in [0.25, 0.3) is 0 Å². The van der Waals surface area contributed by atoms with Crippen LogP contribution >= 0.6 is 0 Å². The number of fused-ring (bicyclic) bond motifs is 3. The van der Waals surface area contributed by atoms with E-state index in [9.17, 15) is 15.3 Å². The van der Waals surface area contributed by atoms with Crippen molar-refractivity contribution in [2.24, 2.45) is 5.41 Å². The molecule has 4 rings (SSSR count). The minimum atomic E-state index is -1.49. The molecule has 6 nitrogen and oxygen atoms in total. The van der Waals surface area contributed by atoms with E-state index in [0.29, 0.717) is 17.1 Å². The van der Waals surface area contributed by atoms with Crippen molar-refractivity contribution in [1.82, 2.24) is 0 Å². The van der Waals surface area contributed by atoms with Crippen LogP contribution in [0, 0.1) is 28.1 Å². The molecule has 30 heavy (non-hydrogen) atoms. The lowest BCUT2D eigenvalue weighted by Crippen LogP contribution is -2.43. The summed E-state index contributed by atoms with van der Waals surface area (Å²) in [7, 11) is 3.05. The van der Waals surface area contributed by atoms with Gasteiger partial charge >= 0.3 is 0 Å². The summed E-state index contributed by atoms with van der Waals surface area (Å²) >= 11 is 0. The number of para-hydroxylation sites is 2. The molecule has 1 saturated heterocycles. The number of Topliss-reactive ketones (excluding diaryl/α,β-unsaturated/α-hetero) is 1. The fourth-order valence-electron chi connectivity index (χ4n) is 4.89. The zero-order chi connectivity index (χ0) is 21.5. The van der Waals surface area contributed by atoms with Gasteiger partial charge in [-0.15, -0.1) is 0 Å². The molecule has 2 aromatic rings. The first kappa shape index (κ1) is 19.5. The smallest absolute Gasteiger partial charge is 0.176 e. The number of carbonyl (C=O) groups is 1. The van der Waals surface area contributed by atoms with Gasteiger partial charge in [-0.25, -0.2) is 0 Å². The Morgan fingerprint density at radius 1 is 1.07 bits per heavy atom. The van der Waals surface area contributed by atoms with Crippen molar-refractivity contribution in [3.8, 4) is 23.6 Å². The fourth-order valence-corrected chi connectivity index (χ4v) is 4.89. The SMILES string of the molecule is COc1cccc([C@@H]2[C@H](C(C)=O)N3c4ccccc4C=C[C@@H]3C2(C#N)C#N)c1OC. The third kappa shape index (κ3) is 2.51. The summed E-state index contributed by atoms with van der Waals surface area (Å²) in [4.78, 5) is 14.9. The number of anilines is 1. The monoisotopic (exact) mass is 399 g/mol. The van der Waals surface area contributed by atoms with Crippen LogP contribution in [0.25, 0.3) is 6.08 Å². The van der Waals surface area contributed by atoms with Crippen LogP contribution in [-0.4, -0.2) is 32.1 Å². The minimum Gasteiger partial charge on any atom is -0.493 e. The molecule has 0 spiro atoms. The Morgan fingerprint density at radius 2 is 1.80 bits per heavy atom. The summed E-state index contributed by atoms with van der Waals surface area (Å²) in [5, 5.41) is 20.6. The summed E-state index contributed by atoms with van der Waals surface area (Å²) in [6.07, 6.45) is 3.78. The molecular weight excluding hydrogens is 378 g/mol. The van der Waals surface area contributed by atoms with Crippen molar-refractivity contribution < 1.29 is 14.3 Å². The first-order valence-electron chi connectivity index (χ1n) is 9.63. The number of benzene rings is 2. The number of rotatable bonds is 4. The Kier molecular flexibility index (Phi) is 4.72. The highest BCUT2D eigenvalue weighted by atomic mass is 16.5. The van der Waals surface area contributed by atoms with Gasteiger partial charge in [-0.2, -0.15) is 10.5 Å². The molecule has 0 radical (unpaired) electrons. The van der Waals surface area contributed by atoms with Crippen LogP contribution in [0.1, 0.15) is 24.0 Å². The minimum absolute atomic E-state index is 0.118. The van der Waals surface area contributed by atoms with Gasteiger partial charge < -0.3 is 14.4 Å². The first-order valence-corrected chi connectivity index (χ1v) is 9.63. The largest absolute Gasteiger partial charge is 0.493 e. The molecule has 2 aliphatic heterocycles. The molecule has 0 unspecified atom stereocenters. The van der Waals surface area contributed by atoms with E-state index in [1.54, 1.807) is 18.2 Å². The quantitative estimate of drug-likeness (QED) is 0.779. The van der Waals surface area contributed by atoms with Crippen LogP contribution in [-0.2, 0) is 4.79 Å². The summed E-state index contributed by atoms with van der Waals surface area (Å²) in [5.74, 6) is 0.0781. The molecule has 3 atom stereocenters. The number of carbonyl (C=O) groups excluding carboxylic acids is 1. The van der Waals surface area contributed by atoms with Crippen molar-refractivity contribution in [3.63, 3.8) is 0 Å². The lowest BCUT2D eigenvalue weighted by molar-refractivity contribution is -0.118. The molecule has 0 amide bonds. The third-order valence-electron chi connectivity index (χ3n) is 6.10. The lowest BCUT2D eigenvalue weighted by Gasteiger charge is -2.35. The fraction of sp³-hybridized carbons (Fsp3) is 0.292. The van der Waals surface area contributed by atoms with E-state index in [-0.39, 0.29) is 5.78 Å². The van der Waals surface area contributed by atoms with E-state index in [4.69, 9.17) is 9.47 Å². The topological polar surface area (TPSA) is 86.4 Å². The number of nitrogens with zero attached hydrogens (tertiary/aromatic N) is 3. The molecule has 0 aromatic heterocycles. The van der Waals surface area contributed by atoms with Crippen molar-refractivity contribution in [2.45, 2.75) is 24.9 Å². The molecular formula is C24H21N3O3. The van der Waals surface area contributed by atoms with Crippen LogP contribution in [0.15, 0.2) is 48.5 Å². The Morgan fingerprint density at radius 3 is 2.43 bits per heavy atom. The summed E-state index contributed by atoms with van der Waals surface area (Å²) in [5.41, 5.74) is 0.910. The molecule has 2 aliphatic rings. The number of methoxy groups -OCH3 is 2. The average Bonchev–Trinajstić information content (AvgIpc) is 3.09. The van der Waals surface area contributed by atoms with Gasteiger partial charge in [0.1, 0.15) is 0 Å². The number of nitriles is 2. The molecule has 0 aliphatic carbocycles. The normalized spacial score (nSPS) is 23.0. The molecule has 0 bridgehead atoms. The van der Waals surface area contributed by atoms with E-state index in [0.717, 1.165) is 11.3 Å². The van der Waals surface area contributed by atoms with Crippen LogP contribution in [0.4, 0.5) is 5.69 Å². The summed E-state index contributed by atoms with van der Waals surface area (Å²) in [6.45, 7) is 1.51. The number of ketones is 1. The molecule has 2 aromatic carbocycles. The average molecular weight is 399 g/mol. The predicted octanol–water partition coefficient (Wildman–Crippen LogP) is 3.69. The van der Waals surface area contributed by atoms with E-state index in [2.05, 4.69) is 12.1 Å². The molecule has 2 heterocycles. The second kappa shape index (κ2) is 7.24. The standard InChI is InChI=1S/C24H21N3O3/c1-15(28)22-21(17-8-6-10-19(29-2)23(17)30-3)24(13-25,14-26)20-12-11-16-7-4-5-9-18(16)27(20)22/h4-12,20-22H,1-3H3/t20-,21-,22+/m1/s1. The van der Waals surface area contributed by atoms with E-state index >= 15 is 0 Å². The van der Waals surface area contributed by atoms with Crippen molar-refractivity contribution in [2.75, 3.05) is 19.1 Å². The Bertz CT molecular complexity index is 1110. The number of hydrogen-bond acceptors (Lipinski definition) is 6. The van der Waals surface area contributed by atoms with Gasteiger partial charge in [-0.3, -0.25) is 4.79 Å². The molecule has 150 valence electrons. The molecule has 1 fully saturated rings. The van der Waals surface area contributed by atoms with Gasteiger partial charge in [0, 0.05) is 17.2 Å². The van der Waals surface area contributed by atoms with E-state index in [1.165, 1.54) is 21.1 Å². The highest BCUT2D eigenvalue weighted by Gasteiger charge is 2.63.